The molecule has 0 aromatic rings. The maximum absolute atomic E-state index is 13.0. The minimum Gasteiger partial charge on any atom is -0.462 e. The fourth-order valence-electron chi connectivity index (χ4n) is 10.8. The molecule has 0 aromatic carbocycles. The highest BCUT2D eigenvalue weighted by atomic mass is 31.2. The first-order valence-corrected chi connectivity index (χ1v) is 40.1. The van der Waals surface area contributed by atoms with E-state index in [1.54, 1.807) is 0 Å². The molecule has 0 spiro atoms. The summed E-state index contributed by atoms with van der Waals surface area (Å²) >= 11 is 0. The number of carbonyl (C=O) groups excluding carboxylic acids is 4. The van der Waals surface area contributed by atoms with E-state index in [2.05, 4.69) is 34.6 Å². The largest absolute Gasteiger partial charge is 0.472 e. The van der Waals surface area contributed by atoms with Crippen molar-refractivity contribution in [3.8, 4) is 0 Å². The van der Waals surface area contributed by atoms with Crippen molar-refractivity contribution >= 4 is 39.5 Å². The Kier molecular flexibility index (Phi) is 63.0. The molecule has 0 aliphatic rings. The van der Waals surface area contributed by atoms with Gasteiger partial charge in [-0.1, -0.05) is 317 Å². The van der Waals surface area contributed by atoms with Gasteiger partial charge >= 0.3 is 39.5 Å². The number of esters is 4. The van der Waals surface area contributed by atoms with Gasteiger partial charge in [0.05, 0.1) is 26.4 Å². The van der Waals surface area contributed by atoms with Crippen LogP contribution in [0.3, 0.4) is 0 Å². The summed E-state index contributed by atoms with van der Waals surface area (Å²) in [4.78, 5) is 72.3. The highest BCUT2D eigenvalue weighted by Gasteiger charge is 2.30. The summed E-state index contributed by atoms with van der Waals surface area (Å²) in [6.07, 6.45) is 51.7. The number of hydrogen-bond donors (Lipinski definition) is 3. The van der Waals surface area contributed by atoms with E-state index in [1.807, 2.05) is 0 Å². The Bertz CT molecular complexity index is 1740. The lowest BCUT2D eigenvalue weighted by Gasteiger charge is -2.21. The lowest BCUT2D eigenvalue weighted by atomic mass is 10.0. The molecule has 0 heterocycles. The second kappa shape index (κ2) is 64.4. The van der Waals surface area contributed by atoms with Gasteiger partial charge in [-0.25, -0.2) is 9.13 Å². The highest BCUT2D eigenvalue weighted by molar-refractivity contribution is 7.47. The van der Waals surface area contributed by atoms with Crippen molar-refractivity contribution in [3.05, 3.63) is 0 Å². The molecule has 0 radical (unpaired) electrons. The van der Waals surface area contributed by atoms with E-state index in [1.165, 1.54) is 186 Å². The van der Waals surface area contributed by atoms with Gasteiger partial charge in [-0.05, 0) is 31.6 Å². The van der Waals surface area contributed by atoms with Crippen molar-refractivity contribution in [2.24, 2.45) is 5.92 Å². The van der Waals surface area contributed by atoms with Crippen molar-refractivity contribution in [1.29, 1.82) is 0 Å². The second-order valence-electron chi connectivity index (χ2n) is 26.1. The third kappa shape index (κ3) is 64.8. The van der Waals surface area contributed by atoms with Crippen LogP contribution in [0.5, 0.6) is 0 Å². The number of aliphatic hydroxyl groups is 1. The molecule has 0 aliphatic carbocycles. The second-order valence-corrected chi connectivity index (χ2v) is 29.0. The molecule has 0 aliphatic heterocycles. The minimum atomic E-state index is -4.95. The van der Waals surface area contributed by atoms with Crippen molar-refractivity contribution < 1.29 is 80.2 Å². The van der Waals surface area contributed by atoms with Gasteiger partial charge in [0, 0.05) is 25.7 Å². The first-order chi connectivity index (χ1) is 43.5. The van der Waals surface area contributed by atoms with Gasteiger partial charge in [-0.15, -0.1) is 0 Å². The number of rotatable bonds is 71. The average Bonchev–Trinajstić information content (AvgIpc) is 3.27. The van der Waals surface area contributed by atoms with Crippen LogP contribution in [-0.2, 0) is 65.4 Å². The van der Waals surface area contributed by atoms with E-state index in [4.69, 9.17) is 37.0 Å². The maximum atomic E-state index is 13.0. The molecule has 19 heteroatoms. The molecule has 0 amide bonds. The minimum absolute atomic E-state index is 0.106. The molecule has 0 saturated heterocycles. The summed E-state index contributed by atoms with van der Waals surface area (Å²) in [7, 11) is -9.89. The van der Waals surface area contributed by atoms with Gasteiger partial charge in [0.25, 0.3) is 0 Å². The Morgan fingerprint density at radius 3 is 0.756 bits per heavy atom. The number of ether oxygens (including phenoxy) is 4. The van der Waals surface area contributed by atoms with Crippen molar-refractivity contribution in [2.45, 2.75) is 387 Å². The van der Waals surface area contributed by atoms with E-state index in [-0.39, 0.29) is 25.7 Å². The predicted molar refractivity (Wildman–Crippen MR) is 363 cm³/mol. The predicted octanol–water partition coefficient (Wildman–Crippen LogP) is 20.5. The maximum Gasteiger partial charge on any atom is 0.472 e. The molecule has 534 valence electrons. The Morgan fingerprint density at radius 1 is 0.300 bits per heavy atom. The monoisotopic (exact) mass is 1320 g/mol. The van der Waals surface area contributed by atoms with E-state index < -0.39 is 97.5 Å². The number of phosphoric acid groups is 2. The topological polar surface area (TPSA) is 237 Å². The Balaban J connectivity index is 5.14. The zero-order valence-electron chi connectivity index (χ0n) is 58.3. The first-order valence-electron chi connectivity index (χ1n) is 37.1. The van der Waals surface area contributed by atoms with Crippen LogP contribution in [0, 0.1) is 5.92 Å². The molecule has 5 atom stereocenters. The molecule has 0 bridgehead atoms. The van der Waals surface area contributed by atoms with Crippen LogP contribution in [0.4, 0.5) is 0 Å². The summed E-state index contributed by atoms with van der Waals surface area (Å²) in [6, 6.07) is 0. The first kappa shape index (κ1) is 88.1. The third-order valence-electron chi connectivity index (χ3n) is 16.5. The quantitative estimate of drug-likeness (QED) is 0.0222. The standard InChI is InChI=1S/C71H138O17P2/c1-6-9-12-15-17-19-21-22-23-24-25-26-27-28-34-38-42-47-52-57-71(76)88-67(61-82-69(74)55-50-45-40-36-33-30-29-32-35-39-44-48-53-64(4)5)63-86-90(79,80)84-59-65(72)58-83-89(77,78)85-62-66(60-81-68(73)54-49-43-14-11-8-3)87-70(75)56-51-46-41-37-31-20-18-16-13-10-7-2/h64-67,72H,6-63H2,1-5H3,(H,77,78)(H,79,80)/t65-,66+,67+/m0/s1. The van der Waals surface area contributed by atoms with Gasteiger partial charge in [-0.3, -0.25) is 37.3 Å². The van der Waals surface area contributed by atoms with Crippen molar-refractivity contribution in [1.82, 2.24) is 0 Å². The Hall–Kier alpha value is -1.94. The van der Waals surface area contributed by atoms with Crippen LogP contribution in [0.2, 0.25) is 0 Å². The number of carbonyl (C=O) groups is 4. The smallest absolute Gasteiger partial charge is 0.462 e. The average molecular weight is 1330 g/mol. The van der Waals surface area contributed by atoms with E-state index in [9.17, 15) is 43.2 Å². The molecular weight excluding hydrogens is 1190 g/mol. The number of aliphatic hydroxyl groups excluding tert-OH is 1. The van der Waals surface area contributed by atoms with Crippen molar-refractivity contribution in [3.63, 3.8) is 0 Å². The summed E-state index contributed by atoms with van der Waals surface area (Å²) in [5.74, 6) is -1.35. The van der Waals surface area contributed by atoms with Crippen LogP contribution in [-0.4, -0.2) is 96.7 Å². The molecule has 3 N–H and O–H groups in total. The van der Waals surface area contributed by atoms with Crippen LogP contribution in [0.25, 0.3) is 0 Å². The summed E-state index contributed by atoms with van der Waals surface area (Å²) in [6.45, 7) is 7.18. The number of hydrogen-bond acceptors (Lipinski definition) is 15. The van der Waals surface area contributed by atoms with E-state index in [0.29, 0.717) is 25.7 Å². The van der Waals surface area contributed by atoms with Gasteiger partial charge in [0.2, 0.25) is 0 Å². The molecular formula is C71H138O17P2. The van der Waals surface area contributed by atoms with Gasteiger partial charge in [0.1, 0.15) is 19.3 Å². The summed E-state index contributed by atoms with van der Waals surface area (Å²) in [5.41, 5.74) is 0. The normalized spacial score (nSPS) is 14.1. The zero-order chi connectivity index (χ0) is 66.3. The molecule has 17 nitrogen and oxygen atoms in total. The zero-order valence-corrected chi connectivity index (χ0v) is 60.1. The lowest BCUT2D eigenvalue weighted by Crippen LogP contribution is -2.30. The lowest BCUT2D eigenvalue weighted by molar-refractivity contribution is -0.161. The van der Waals surface area contributed by atoms with E-state index in [0.717, 1.165) is 102 Å². The highest BCUT2D eigenvalue weighted by Crippen LogP contribution is 2.45. The summed E-state index contributed by atoms with van der Waals surface area (Å²) < 4.78 is 68.1. The van der Waals surface area contributed by atoms with Gasteiger partial charge in [0.15, 0.2) is 12.2 Å². The molecule has 90 heavy (non-hydrogen) atoms. The van der Waals surface area contributed by atoms with Gasteiger partial charge in [-0.2, -0.15) is 0 Å². The van der Waals surface area contributed by atoms with Crippen LogP contribution >= 0.6 is 15.6 Å². The fourth-order valence-corrected chi connectivity index (χ4v) is 12.4. The SMILES string of the molecule is CCCCCCCCCCCCCCCCCCCCCC(=O)O[C@H](COC(=O)CCCCCCCCCCCCCCC(C)C)COP(=O)(O)OC[C@@H](O)COP(=O)(O)OC[C@@H](COC(=O)CCCCCCC)OC(=O)CCCCCCCCCCCCC. The molecule has 2 unspecified atom stereocenters. The van der Waals surface area contributed by atoms with Crippen LogP contribution < -0.4 is 0 Å². The van der Waals surface area contributed by atoms with Crippen LogP contribution in [0.15, 0.2) is 0 Å². The van der Waals surface area contributed by atoms with Gasteiger partial charge < -0.3 is 33.8 Å². The third-order valence-corrected chi connectivity index (χ3v) is 18.4. The Labute approximate surface area is 549 Å². The summed E-state index contributed by atoms with van der Waals surface area (Å²) in [5, 5.41) is 10.6. The fraction of sp³-hybridized carbons (Fsp3) is 0.944. The molecule has 0 rings (SSSR count). The molecule has 0 fully saturated rings. The van der Waals surface area contributed by atoms with E-state index >= 15 is 0 Å². The van der Waals surface area contributed by atoms with Crippen LogP contribution in [0.1, 0.15) is 369 Å². The Morgan fingerprint density at radius 2 is 0.511 bits per heavy atom. The number of unbranched alkanes of at least 4 members (excludes halogenated alkanes) is 43. The number of phosphoric ester groups is 2. The van der Waals surface area contributed by atoms with Crippen molar-refractivity contribution in [2.75, 3.05) is 39.6 Å². The molecule has 0 saturated carbocycles. The molecule has 0 aromatic heterocycles.